The summed E-state index contributed by atoms with van der Waals surface area (Å²) in [6.45, 7) is 7.94. The minimum absolute atomic E-state index is 0.00726. The molecule has 0 unspecified atom stereocenters. The SMILES string of the molecule is CCc1c(C(=O)NCC2CNC2)[nH]c(C)c1C(C)=O. The molecule has 5 heteroatoms. The molecular weight excluding hydrogens is 242 g/mol. The maximum atomic E-state index is 12.2. The second-order valence-corrected chi connectivity index (χ2v) is 5.12. The Labute approximate surface area is 113 Å². The number of aromatic amines is 1. The molecule has 0 radical (unpaired) electrons. The van der Waals surface area contributed by atoms with E-state index in [1.54, 1.807) is 0 Å². The molecule has 1 saturated heterocycles. The van der Waals surface area contributed by atoms with Gasteiger partial charge in [-0.2, -0.15) is 0 Å². The normalized spacial score (nSPS) is 15.1. The molecule has 0 saturated carbocycles. The lowest BCUT2D eigenvalue weighted by atomic mass is 10.0. The summed E-state index contributed by atoms with van der Waals surface area (Å²) < 4.78 is 0. The van der Waals surface area contributed by atoms with Crippen molar-refractivity contribution in [2.24, 2.45) is 5.92 Å². The molecule has 2 heterocycles. The van der Waals surface area contributed by atoms with E-state index in [1.165, 1.54) is 6.92 Å². The number of rotatable bonds is 5. The summed E-state index contributed by atoms with van der Waals surface area (Å²) >= 11 is 0. The molecule has 5 nitrogen and oxygen atoms in total. The molecule has 1 aliphatic rings. The van der Waals surface area contributed by atoms with Crippen LogP contribution >= 0.6 is 0 Å². The fourth-order valence-electron chi connectivity index (χ4n) is 2.52. The van der Waals surface area contributed by atoms with Crippen LogP contribution in [-0.4, -0.2) is 36.3 Å². The summed E-state index contributed by atoms with van der Waals surface area (Å²) in [6, 6.07) is 0. The van der Waals surface area contributed by atoms with Crippen LogP contribution in [0.25, 0.3) is 0 Å². The van der Waals surface area contributed by atoms with Gasteiger partial charge in [0.2, 0.25) is 0 Å². The molecular formula is C14H21N3O2. The van der Waals surface area contributed by atoms with Crippen LogP contribution in [0.1, 0.15) is 46.0 Å². The Balaban J connectivity index is 2.16. The van der Waals surface area contributed by atoms with Gasteiger partial charge in [-0.25, -0.2) is 0 Å². The van der Waals surface area contributed by atoms with E-state index in [9.17, 15) is 9.59 Å². The Bertz CT molecular complexity index is 501. The Morgan fingerprint density at radius 1 is 1.37 bits per heavy atom. The summed E-state index contributed by atoms with van der Waals surface area (Å²) in [4.78, 5) is 26.9. The molecule has 2 rings (SSSR count). The zero-order valence-corrected chi connectivity index (χ0v) is 11.7. The molecule has 1 fully saturated rings. The van der Waals surface area contributed by atoms with Gasteiger partial charge in [0.05, 0.1) is 0 Å². The topological polar surface area (TPSA) is 74.0 Å². The number of amides is 1. The van der Waals surface area contributed by atoms with Crippen molar-refractivity contribution in [3.63, 3.8) is 0 Å². The van der Waals surface area contributed by atoms with Gasteiger partial charge in [-0.3, -0.25) is 9.59 Å². The molecule has 104 valence electrons. The summed E-state index contributed by atoms with van der Waals surface area (Å²) in [7, 11) is 0. The average molecular weight is 263 g/mol. The summed E-state index contributed by atoms with van der Waals surface area (Å²) in [5, 5.41) is 6.11. The van der Waals surface area contributed by atoms with Gasteiger partial charge in [0.25, 0.3) is 5.91 Å². The lowest BCUT2D eigenvalue weighted by molar-refractivity contribution is 0.0936. The molecule has 1 aliphatic heterocycles. The van der Waals surface area contributed by atoms with Gasteiger partial charge < -0.3 is 15.6 Å². The third-order valence-corrected chi connectivity index (χ3v) is 3.64. The minimum atomic E-state index is -0.112. The van der Waals surface area contributed by atoms with E-state index in [2.05, 4.69) is 15.6 Å². The van der Waals surface area contributed by atoms with Crippen molar-refractivity contribution < 1.29 is 9.59 Å². The van der Waals surface area contributed by atoms with E-state index < -0.39 is 0 Å². The van der Waals surface area contributed by atoms with Gasteiger partial charge in [-0.15, -0.1) is 0 Å². The number of aryl methyl sites for hydroxylation is 1. The number of hydrogen-bond acceptors (Lipinski definition) is 3. The maximum Gasteiger partial charge on any atom is 0.268 e. The molecule has 0 bridgehead atoms. The Morgan fingerprint density at radius 3 is 2.53 bits per heavy atom. The van der Waals surface area contributed by atoms with Crippen LogP contribution in [0.15, 0.2) is 0 Å². The van der Waals surface area contributed by atoms with Crippen molar-refractivity contribution in [2.45, 2.75) is 27.2 Å². The zero-order valence-electron chi connectivity index (χ0n) is 11.7. The minimum Gasteiger partial charge on any atom is -0.354 e. The molecule has 1 aromatic rings. The first kappa shape index (κ1) is 13.8. The van der Waals surface area contributed by atoms with Crippen molar-refractivity contribution in [1.82, 2.24) is 15.6 Å². The van der Waals surface area contributed by atoms with Crippen LogP contribution in [0, 0.1) is 12.8 Å². The van der Waals surface area contributed by atoms with Gasteiger partial charge >= 0.3 is 0 Å². The second-order valence-electron chi connectivity index (χ2n) is 5.12. The third-order valence-electron chi connectivity index (χ3n) is 3.64. The van der Waals surface area contributed by atoms with Crippen molar-refractivity contribution in [3.05, 3.63) is 22.5 Å². The van der Waals surface area contributed by atoms with E-state index in [1.807, 2.05) is 13.8 Å². The first-order chi connectivity index (χ1) is 9.04. The van der Waals surface area contributed by atoms with Gasteiger partial charge in [0, 0.05) is 36.8 Å². The standard InChI is InChI=1S/C14H21N3O2/c1-4-11-12(9(3)18)8(2)17-13(11)14(19)16-7-10-5-15-6-10/h10,15,17H,4-7H2,1-3H3,(H,16,19). The Morgan fingerprint density at radius 2 is 2.05 bits per heavy atom. The molecule has 19 heavy (non-hydrogen) atoms. The van der Waals surface area contributed by atoms with E-state index in [0.29, 0.717) is 30.1 Å². The predicted molar refractivity (Wildman–Crippen MR) is 73.6 cm³/mol. The highest BCUT2D eigenvalue weighted by Crippen LogP contribution is 2.20. The van der Waals surface area contributed by atoms with Gasteiger partial charge in [-0.1, -0.05) is 6.92 Å². The largest absolute Gasteiger partial charge is 0.354 e. The average Bonchev–Trinajstić information content (AvgIpc) is 2.63. The second kappa shape index (κ2) is 5.57. The monoisotopic (exact) mass is 263 g/mol. The van der Waals surface area contributed by atoms with Crippen molar-refractivity contribution in [2.75, 3.05) is 19.6 Å². The number of carbonyl (C=O) groups is 2. The summed E-state index contributed by atoms with van der Waals surface area (Å²) in [5.41, 5.74) is 2.81. The highest BCUT2D eigenvalue weighted by molar-refractivity contribution is 6.02. The van der Waals surface area contributed by atoms with Crippen molar-refractivity contribution in [3.8, 4) is 0 Å². The van der Waals surface area contributed by atoms with E-state index >= 15 is 0 Å². The number of ketones is 1. The Kier molecular flexibility index (Phi) is 4.04. The third kappa shape index (κ3) is 2.71. The van der Waals surface area contributed by atoms with Crippen LogP contribution in [0.5, 0.6) is 0 Å². The maximum absolute atomic E-state index is 12.2. The van der Waals surface area contributed by atoms with E-state index in [-0.39, 0.29) is 11.7 Å². The fourth-order valence-corrected chi connectivity index (χ4v) is 2.52. The Hall–Kier alpha value is -1.62. The molecule has 1 aromatic heterocycles. The first-order valence-electron chi connectivity index (χ1n) is 6.75. The molecule has 3 N–H and O–H groups in total. The van der Waals surface area contributed by atoms with E-state index in [4.69, 9.17) is 0 Å². The van der Waals surface area contributed by atoms with Crippen LogP contribution in [0.2, 0.25) is 0 Å². The van der Waals surface area contributed by atoms with Crippen molar-refractivity contribution >= 4 is 11.7 Å². The van der Waals surface area contributed by atoms with Crippen molar-refractivity contribution in [1.29, 1.82) is 0 Å². The van der Waals surface area contributed by atoms with Gasteiger partial charge in [0.15, 0.2) is 5.78 Å². The van der Waals surface area contributed by atoms with Crippen LogP contribution in [0.4, 0.5) is 0 Å². The number of nitrogens with one attached hydrogen (secondary N) is 3. The molecule has 0 aromatic carbocycles. The number of Topliss-reactive ketones (excluding diaryl/α,β-unsaturated/α-hetero) is 1. The highest BCUT2D eigenvalue weighted by Gasteiger charge is 2.23. The zero-order chi connectivity index (χ0) is 14.0. The van der Waals surface area contributed by atoms with Crippen LogP contribution in [0.3, 0.4) is 0 Å². The predicted octanol–water partition coefficient (Wildman–Crippen LogP) is 1.04. The van der Waals surface area contributed by atoms with Gasteiger partial charge in [0.1, 0.15) is 5.69 Å². The van der Waals surface area contributed by atoms with Gasteiger partial charge in [-0.05, 0) is 25.8 Å². The van der Waals surface area contributed by atoms with Crippen LogP contribution < -0.4 is 10.6 Å². The quantitative estimate of drug-likeness (QED) is 0.695. The molecule has 0 aliphatic carbocycles. The lowest BCUT2D eigenvalue weighted by Crippen LogP contribution is -2.48. The smallest absolute Gasteiger partial charge is 0.268 e. The van der Waals surface area contributed by atoms with Crippen LogP contribution in [-0.2, 0) is 6.42 Å². The molecule has 1 amide bonds. The highest BCUT2D eigenvalue weighted by atomic mass is 16.2. The lowest BCUT2D eigenvalue weighted by Gasteiger charge is -2.27. The summed E-state index contributed by atoms with van der Waals surface area (Å²) in [5.74, 6) is 0.421. The number of carbonyl (C=O) groups excluding carboxylic acids is 2. The molecule has 0 spiro atoms. The summed E-state index contributed by atoms with van der Waals surface area (Å²) in [6.07, 6.45) is 0.674. The number of hydrogen-bond donors (Lipinski definition) is 3. The number of H-pyrrole nitrogens is 1. The molecule has 0 atom stereocenters. The first-order valence-corrected chi connectivity index (χ1v) is 6.75. The number of aromatic nitrogens is 1. The fraction of sp³-hybridized carbons (Fsp3) is 0.571. The van der Waals surface area contributed by atoms with E-state index in [0.717, 1.165) is 24.3 Å².